The Morgan fingerprint density at radius 3 is 2.76 bits per heavy atom. The second kappa shape index (κ2) is 5.50. The highest BCUT2D eigenvalue weighted by Crippen LogP contribution is 2.13. The number of hydrogen-bond donors (Lipinski definition) is 1. The van der Waals surface area contributed by atoms with E-state index in [1.54, 1.807) is 17.4 Å². The van der Waals surface area contributed by atoms with Crippen LogP contribution in [0.15, 0.2) is 41.8 Å². The van der Waals surface area contributed by atoms with Crippen molar-refractivity contribution in [3.05, 3.63) is 52.2 Å². The van der Waals surface area contributed by atoms with Gasteiger partial charge in [0.05, 0.1) is 6.42 Å². The van der Waals surface area contributed by atoms with Crippen molar-refractivity contribution in [2.75, 3.05) is 5.73 Å². The first-order chi connectivity index (χ1) is 8.25. The van der Waals surface area contributed by atoms with E-state index in [9.17, 15) is 4.79 Å². The van der Waals surface area contributed by atoms with Crippen LogP contribution in [-0.4, -0.2) is 5.97 Å². The Bertz CT molecular complexity index is 494. The molecule has 0 saturated heterocycles. The summed E-state index contributed by atoms with van der Waals surface area (Å²) in [5, 5.41) is 1.96. The summed E-state index contributed by atoms with van der Waals surface area (Å²) in [5.41, 5.74) is 7.19. The largest absolute Gasteiger partial charge is 0.460 e. The lowest BCUT2D eigenvalue weighted by Crippen LogP contribution is -2.09. The van der Waals surface area contributed by atoms with Crippen LogP contribution in [0.2, 0.25) is 0 Å². The van der Waals surface area contributed by atoms with Crippen molar-refractivity contribution in [1.82, 2.24) is 0 Å². The van der Waals surface area contributed by atoms with Gasteiger partial charge in [0.15, 0.2) is 0 Å². The lowest BCUT2D eigenvalue weighted by molar-refractivity contribution is -0.144. The van der Waals surface area contributed by atoms with E-state index >= 15 is 0 Å². The van der Waals surface area contributed by atoms with E-state index in [0.717, 1.165) is 10.4 Å². The van der Waals surface area contributed by atoms with E-state index in [4.69, 9.17) is 10.5 Å². The molecular formula is C13H13NO2S. The molecule has 0 atom stereocenters. The molecule has 1 heterocycles. The maximum Gasteiger partial charge on any atom is 0.310 e. The van der Waals surface area contributed by atoms with Crippen molar-refractivity contribution in [1.29, 1.82) is 0 Å². The third-order valence-corrected chi connectivity index (χ3v) is 3.20. The van der Waals surface area contributed by atoms with Crippen LogP contribution in [0.5, 0.6) is 0 Å². The summed E-state index contributed by atoms with van der Waals surface area (Å²) in [6.07, 6.45) is 0.220. The first kappa shape index (κ1) is 11.7. The minimum absolute atomic E-state index is 0.220. The second-order valence-electron chi connectivity index (χ2n) is 3.62. The molecule has 17 heavy (non-hydrogen) atoms. The lowest BCUT2D eigenvalue weighted by Gasteiger charge is -2.05. The van der Waals surface area contributed by atoms with Crippen molar-refractivity contribution >= 4 is 23.0 Å². The zero-order chi connectivity index (χ0) is 12.1. The Labute approximate surface area is 104 Å². The molecule has 4 heteroatoms. The van der Waals surface area contributed by atoms with Crippen molar-refractivity contribution in [3.63, 3.8) is 0 Å². The summed E-state index contributed by atoms with van der Waals surface area (Å²) in [6, 6.07) is 11.2. The third-order valence-electron chi connectivity index (χ3n) is 2.35. The fourth-order valence-corrected chi connectivity index (χ4v) is 2.06. The van der Waals surface area contributed by atoms with E-state index in [-0.39, 0.29) is 12.4 Å². The van der Waals surface area contributed by atoms with Crippen LogP contribution in [0.25, 0.3) is 0 Å². The molecule has 0 amide bonds. The number of nitrogen functional groups attached to an aromatic ring is 1. The van der Waals surface area contributed by atoms with Crippen LogP contribution in [0.4, 0.5) is 5.69 Å². The molecule has 0 spiro atoms. The smallest absolute Gasteiger partial charge is 0.310 e. The van der Waals surface area contributed by atoms with Gasteiger partial charge in [-0.2, -0.15) is 0 Å². The minimum Gasteiger partial charge on any atom is -0.460 e. The number of ether oxygens (including phenoxy) is 1. The Balaban J connectivity index is 1.87. The molecule has 1 aromatic heterocycles. The number of carbonyl (C=O) groups excluding carboxylic acids is 1. The number of thiophene rings is 1. The molecule has 2 rings (SSSR count). The van der Waals surface area contributed by atoms with Gasteiger partial charge < -0.3 is 10.5 Å². The van der Waals surface area contributed by atoms with Crippen LogP contribution < -0.4 is 5.73 Å². The molecule has 0 fully saturated rings. The SMILES string of the molecule is Nc1ccccc1CC(=O)OCc1cccs1. The quantitative estimate of drug-likeness (QED) is 0.667. The number of carbonyl (C=O) groups is 1. The van der Waals surface area contributed by atoms with Crippen LogP contribution >= 0.6 is 11.3 Å². The number of esters is 1. The standard InChI is InChI=1S/C13H13NO2S/c14-12-6-2-1-4-10(12)8-13(15)16-9-11-5-3-7-17-11/h1-7H,8-9,14H2. The van der Waals surface area contributed by atoms with Crippen molar-refractivity contribution < 1.29 is 9.53 Å². The zero-order valence-electron chi connectivity index (χ0n) is 9.26. The van der Waals surface area contributed by atoms with E-state index < -0.39 is 0 Å². The Kier molecular flexibility index (Phi) is 3.77. The summed E-state index contributed by atoms with van der Waals surface area (Å²) in [5.74, 6) is -0.253. The molecular weight excluding hydrogens is 234 g/mol. The molecule has 2 N–H and O–H groups in total. The van der Waals surface area contributed by atoms with Crippen molar-refractivity contribution in [3.8, 4) is 0 Å². The fourth-order valence-electron chi connectivity index (χ4n) is 1.45. The maximum absolute atomic E-state index is 11.6. The number of nitrogens with two attached hydrogens (primary N) is 1. The highest BCUT2D eigenvalue weighted by atomic mass is 32.1. The van der Waals surface area contributed by atoms with Crippen molar-refractivity contribution in [2.24, 2.45) is 0 Å². The number of benzene rings is 1. The molecule has 0 aliphatic rings. The number of hydrogen-bond acceptors (Lipinski definition) is 4. The maximum atomic E-state index is 11.6. The average Bonchev–Trinajstić information content (AvgIpc) is 2.82. The molecule has 0 aliphatic heterocycles. The van der Waals surface area contributed by atoms with Gasteiger partial charge >= 0.3 is 5.97 Å². The third kappa shape index (κ3) is 3.32. The monoisotopic (exact) mass is 247 g/mol. The van der Waals surface area contributed by atoms with E-state index in [0.29, 0.717) is 12.3 Å². The predicted octanol–water partition coefficient (Wildman–Crippen LogP) is 2.62. The van der Waals surface area contributed by atoms with Crippen LogP contribution in [-0.2, 0) is 22.6 Å². The summed E-state index contributed by atoms with van der Waals surface area (Å²) in [7, 11) is 0. The van der Waals surface area contributed by atoms with Gasteiger partial charge in [0.1, 0.15) is 6.61 Å². The van der Waals surface area contributed by atoms with Gasteiger partial charge in [-0.05, 0) is 23.1 Å². The number of anilines is 1. The topological polar surface area (TPSA) is 52.3 Å². The van der Waals surface area contributed by atoms with Crippen molar-refractivity contribution in [2.45, 2.75) is 13.0 Å². The van der Waals surface area contributed by atoms with Gasteiger partial charge in [0.2, 0.25) is 0 Å². The van der Waals surface area contributed by atoms with Gasteiger partial charge in [0.25, 0.3) is 0 Å². The van der Waals surface area contributed by atoms with Crippen LogP contribution in [0, 0.1) is 0 Å². The van der Waals surface area contributed by atoms with E-state index in [1.165, 1.54) is 0 Å². The number of para-hydroxylation sites is 1. The summed E-state index contributed by atoms with van der Waals surface area (Å²) >= 11 is 1.57. The van der Waals surface area contributed by atoms with E-state index in [2.05, 4.69) is 0 Å². The molecule has 1 aromatic carbocycles. The number of rotatable bonds is 4. The predicted molar refractivity (Wildman–Crippen MR) is 68.7 cm³/mol. The van der Waals surface area contributed by atoms with E-state index in [1.807, 2.05) is 35.7 Å². The molecule has 2 aromatic rings. The Hall–Kier alpha value is -1.81. The first-order valence-electron chi connectivity index (χ1n) is 5.27. The summed E-state index contributed by atoms with van der Waals surface area (Å²) < 4.78 is 5.16. The highest BCUT2D eigenvalue weighted by molar-refractivity contribution is 7.09. The summed E-state index contributed by atoms with van der Waals surface area (Å²) in [6.45, 7) is 0.337. The summed E-state index contributed by atoms with van der Waals surface area (Å²) in [4.78, 5) is 12.6. The molecule has 0 saturated carbocycles. The van der Waals surface area contributed by atoms with Gasteiger partial charge in [0, 0.05) is 10.6 Å². The zero-order valence-corrected chi connectivity index (χ0v) is 10.1. The molecule has 0 bridgehead atoms. The molecule has 88 valence electrons. The Morgan fingerprint density at radius 1 is 1.24 bits per heavy atom. The molecule has 0 radical (unpaired) electrons. The Morgan fingerprint density at radius 2 is 2.06 bits per heavy atom. The van der Waals surface area contributed by atoms with Crippen LogP contribution in [0.3, 0.4) is 0 Å². The molecule has 3 nitrogen and oxygen atoms in total. The fraction of sp³-hybridized carbons (Fsp3) is 0.154. The molecule has 0 unspecified atom stereocenters. The van der Waals surface area contributed by atoms with Gasteiger partial charge in [-0.3, -0.25) is 4.79 Å². The lowest BCUT2D eigenvalue weighted by atomic mass is 10.1. The average molecular weight is 247 g/mol. The normalized spacial score (nSPS) is 10.1. The second-order valence-corrected chi connectivity index (χ2v) is 4.65. The van der Waals surface area contributed by atoms with Gasteiger partial charge in [-0.1, -0.05) is 24.3 Å². The highest BCUT2D eigenvalue weighted by Gasteiger charge is 2.07. The van der Waals surface area contributed by atoms with Gasteiger partial charge in [-0.25, -0.2) is 0 Å². The minimum atomic E-state index is -0.253. The first-order valence-corrected chi connectivity index (χ1v) is 6.15. The van der Waals surface area contributed by atoms with Crippen LogP contribution in [0.1, 0.15) is 10.4 Å². The van der Waals surface area contributed by atoms with Gasteiger partial charge in [-0.15, -0.1) is 11.3 Å². The molecule has 0 aliphatic carbocycles.